The molecule has 0 radical (unpaired) electrons. The molecule has 1 saturated carbocycles. The summed E-state index contributed by atoms with van der Waals surface area (Å²) in [6.07, 6.45) is 2.42. The van der Waals surface area contributed by atoms with Crippen LogP contribution in [0.5, 0.6) is 0 Å². The quantitative estimate of drug-likeness (QED) is 0.606. The van der Waals surface area contributed by atoms with Gasteiger partial charge in [-0.05, 0) is 43.4 Å². The van der Waals surface area contributed by atoms with Gasteiger partial charge in [-0.25, -0.2) is 0 Å². The zero-order chi connectivity index (χ0) is 13.7. The van der Waals surface area contributed by atoms with Crippen LogP contribution in [-0.2, 0) is 4.74 Å². The van der Waals surface area contributed by atoms with Gasteiger partial charge in [-0.2, -0.15) is 0 Å². The van der Waals surface area contributed by atoms with E-state index in [0.717, 1.165) is 23.7 Å². The summed E-state index contributed by atoms with van der Waals surface area (Å²) in [6.45, 7) is 8.14. The Bertz CT molecular complexity index is 409. The first-order valence-electron chi connectivity index (χ1n) is 6.86. The summed E-state index contributed by atoms with van der Waals surface area (Å²) >= 11 is 5.89. The fraction of sp³-hybridized carbons (Fsp3) is 0.500. The molecule has 0 amide bonds. The Morgan fingerprint density at radius 3 is 2.68 bits per heavy atom. The van der Waals surface area contributed by atoms with E-state index >= 15 is 0 Å². The number of hydrogen-bond acceptors (Lipinski definition) is 2. The Morgan fingerprint density at radius 1 is 1.37 bits per heavy atom. The van der Waals surface area contributed by atoms with E-state index in [1.807, 2.05) is 19.1 Å². The zero-order valence-electron chi connectivity index (χ0n) is 11.5. The van der Waals surface area contributed by atoms with E-state index in [1.165, 1.54) is 18.4 Å². The van der Waals surface area contributed by atoms with Crippen LogP contribution in [0.25, 0.3) is 0 Å². The molecular weight excluding hydrogens is 258 g/mol. The van der Waals surface area contributed by atoms with Crippen molar-refractivity contribution >= 4 is 11.6 Å². The van der Waals surface area contributed by atoms with Crippen molar-refractivity contribution in [1.82, 2.24) is 5.32 Å². The van der Waals surface area contributed by atoms with Crippen LogP contribution in [0.4, 0.5) is 0 Å². The van der Waals surface area contributed by atoms with E-state index in [2.05, 4.69) is 24.0 Å². The van der Waals surface area contributed by atoms with Gasteiger partial charge in [0, 0.05) is 17.6 Å². The van der Waals surface area contributed by atoms with Gasteiger partial charge in [-0.15, -0.1) is 0 Å². The van der Waals surface area contributed by atoms with Crippen LogP contribution in [0.2, 0.25) is 5.02 Å². The summed E-state index contributed by atoms with van der Waals surface area (Å²) in [7, 11) is 0. The van der Waals surface area contributed by atoms with E-state index in [0.29, 0.717) is 18.6 Å². The lowest BCUT2D eigenvalue weighted by molar-refractivity contribution is 0.148. The van der Waals surface area contributed by atoms with Gasteiger partial charge in [0.15, 0.2) is 0 Å². The van der Waals surface area contributed by atoms with Gasteiger partial charge in [0.25, 0.3) is 0 Å². The number of halogens is 1. The first-order valence-corrected chi connectivity index (χ1v) is 7.24. The lowest BCUT2D eigenvalue weighted by atomic mass is 9.76. The Morgan fingerprint density at radius 2 is 2.05 bits per heavy atom. The zero-order valence-corrected chi connectivity index (χ0v) is 12.2. The molecule has 2 nitrogen and oxygen atoms in total. The van der Waals surface area contributed by atoms with Crippen molar-refractivity contribution in [2.45, 2.75) is 31.7 Å². The normalized spacial score (nSPS) is 22.0. The predicted molar refractivity (Wildman–Crippen MR) is 80.9 cm³/mol. The van der Waals surface area contributed by atoms with Crippen molar-refractivity contribution in [3.63, 3.8) is 0 Å². The van der Waals surface area contributed by atoms with Crippen molar-refractivity contribution in [1.29, 1.82) is 0 Å². The number of ether oxygens (including phenoxy) is 1. The summed E-state index contributed by atoms with van der Waals surface area (Å²) in [5, 5.41) is 4.34. The fourth-order valence-corrected chi connectivity index (χ4v) is 2.50. The van der Waals surface area contributed by atoms with Gasteiger partial charge < -0.3 is 10.1 Å². The molecule has 0 heterocycles. The van der Waals surface area contributed by atoms with E-state index in [1.54, 1.807) is 0 Å². The first-order chi connectivity index (χ1) is 9.15. The van der Waals surface area contributed by atoms with Gasteiger partial charge >= 0.3 is 0 Å². The third-order valence-corrected chi connectivity index (χ3v) is 3.76. The van der Waals surface area contributed by atoms with Crippen LogP contribution in [0.3, 0.4) is 0 Å². The monoisotopic (exact) mass is 279 g/mol. The lowest BCUT2D eigenvalue weighted by Crippen LogP contribution is -2.41. The second-order valence-electron chi connectivity index (χ2n) is 5.38. The van der Waals surface area contributed by atoms with Crippen molar-refractivity contribution in [2.24, 2.45) is 0 Å². The fourth-order valence-electron chi connectivity index (χ4n) is 2.37. The molecule has 1 N–H and O–H groups in total. The smallest absolute Gasteiger partial charge is 0.0672 e. The van der Waals surface area contributed by atoms with Crippen molar-refractivity contribution in [3.05, 3.63) is 47.0 Å². The molecule has 0 unspecified atom stereocenters. The molecule has 1 aliphatic rings. The van der Waals surface area contributed by atoms with Crippen LogP contribution < -0.4 is 5.32 Å². The summed E-state index contributed by atoms with van der Waals surface area (Å²) in [4.78, 5) is 0. The molecule has 0 aliphatic heterocycles. The first kappa shape index (κ1) is 14.6. The van der Waals surface area contributed by atoms with Crippen molar-refractivity contribution in [2.75, 3.05) is 19.8 Å². The van der Waals surface area contributed by atoms with Gasteiger partial charge in [0.2, 0.25) is 0 Å². The maximum Gasteiger partial charge on any atom is 0.0672 e. The maximum absolute atomic E-state index is 5.89. The highest BCUT2D eigenvalue weighted by atomic mass is 35.5. The molecule has 19 heavy (non-hydrogen) atoms. The van der Waals surface area contributed by atoms with E-state index < -0.39 is 0 Å². The Balaban J connectivity index is 1.59. The molecule has 0 spiro atoms. The van der Waals surface area contributed by atoms with Gasteiger partial charge in [-0.3, -0.25) is 0 Å². The number of hydrogen-bond donors (Lipinski definition) is 1. The van der Waals surface area contributed by atoms with Crippen LogP contribution >= 0.6 is 11.6 Å². The minimum atomic E-state index is 0.633. The van der Waals surface area contributed by atoms with Crippen LogP contribution in [0.1, 0.15) is 31.2 Å². The average molecular weight is 280 g/mol. The van der Waals surface area contributed by atoms with Crippen LogP contribution in [0, 0.1) is 0 Å². The van der Waals surface area contributed by atoms with E-state index in [9.17, 15) is 0 Å². The SMILES string of the molecule is C=C(C)COCCNC1CC(c2ccc(Cl)cc2)C1. The second-order valence-corrected chi connectivity index (χ2v) is 5.82. The maximum atomic E-state index is 5.89. The standard InChI is InChI=1S/C16H22ClNO/c1-12(2)11-19-8-7-18-16-9-14(10-16)13-3-5-15(17)6-4-13/h3-6,14,16,18H,1,7-11H2,2H3. The summed E-state index contributed by atoms with van der Waals surface area (Å²) < 4.78 is 5.46. The summed E-state index contributed by atoms with van der Waals surface area (Å²) in [5.74, 6) is 0.686. The Hall–Kier alpha value is -0.830. The number of nitrogens with one attached hydrogen (secondary N) is 1. The molecule has 3 heteroatoms. The molecule has 104 valence electrons. The minimum absolute atomic E-state index is 0.633. The highest BCUT2D eigenvalue weighted by Crippen LogP contribution is 2.37. The lowest BCUT2D eigenvalue weighted by Gasteiger charge is -2.36. The molecule has 0 bridgehead atoms. The summed E-state index contributed by atoms with van der Waals surface area (Å²) in [5.41, 5.74) is 2.48. The van der Waals surface area contributed by atoms with Gasteiger partial charge in [0.05, 0.1) is 13.2 Å². The van der Waals surface area contributed by atoms with Gasteiger partial charge in [0.1, 0.15) is 0 Å². The largest absolute Gasteiger partial charge is 0.376 e. The highest BCUT2D eigenvalue weighted by molar-refractivity contribution is 6.30. The summed E-state index contributed by atoms with van der Waals surface area (Å²) in [6, 6.07) is 8.86. The molecular formula is C16H22ClNO. The van der Waals surface area contributed by atoms with Crippen LogP contribution in [-0.4, -0.2) is 25.8 Å². The van der Waals surface area contributed by atoms with Crippen molar-refractivity contribution in [3.8, 4) is 0 Å². The van der Waals surface area contributed by atoms with E-state index in [4.69, 9.17) is 16.3 Å². The minimum Gasteiger partial charge on any atom is -0.376 e. The van der Waals surface area contributed by atoms with Crippen molar-refractivity contribution < 1.29 is 4.74 Å². The predicted octanol–water partition coefficient (Wildman–Crippen LogP) is 3.77. The topological polar surface area (TPSA) is 21.3 Å². The third-order valence-electron chi connectivity index (χ3n) is 3.51. The molecule has 1 aromatic carbocycles. The molecule has 1 aliphatic carbocycles. The van der Waals surface area contributed by atoms with E-state index in [-0.39, 0.29) is 0 Å². The Labute approximate surface area is 120 Å². The number of rotatable bonds is 7. The molecule has 2 rings (SSSR count). The third kappa shape index (κ3) is 4.64. The average Bonchev–Trinajstić information content (AvgIpc) is 2.32. The molecule has 0 atom stereocenters. The van der Waals surface area contributed by atoms with Crippen LogP contribution in [0.15, 0.2) is 36.4 Å². The molecule has 1 aromatic rings. The second kappa shape index (κ2) is 7.09. The molecule has 0 aromatic heterocycles. The van der Waals surface area contributed by atoms with Gasteiger partial charge in [-0.1, -0.05) is 35.9 Å². The molecule has 1 fully saturated rings. The number of benzene rings is 1. The highest BCUT2D eigenvalue weighted by Gasteiger charge is 2.29. The Kier molecular flexibility index (Phi) is 5.44. The molecule has 0 saturated heterocycles.